The maximum absolute atomic E-state index is 12.4. The number of benzene rings is 1. The van der Waals surface area contributed by atoms with Crippen LogP contribution in [0.15, 0.2) is 24.3 Å². The normalized spacial score (nSPS) is 20.7. The van der Waals surface area contributed by atoms with Crippen molar-refractivity contribution >= 4 is 17.7 Å². The number of hydrogen-bond acceptors (Lipinski definition) is 4. The van der Waals surface area contributed by atoms with E-state index in [4.69, 9.17) is 4.74 Å². The van der Waals surface area contributed by atoms with E-state index in [1.54, 1.807) is 11.8 Å². The number of thioether (sulfide) groups is 1. The Labute approximate surface area is 162 Å². The second kappa shape index (κ2) is 9.77. The quantitative estimate of drug-likeness (QED) is 0.792. The first-order chi connectivity index (χ1) is 12.7. The van der Waals surface area contributed by atoms with Crippen LogP contribution in [0.2, 0.25) is 0 Å². The third-order valence-corrected chi connectivity index (χ3v) is 6.81. The first-order valence-electron chi connectivity index (χ1n) is 9.91. The van der Waals surface area contributed by atoms with Gasteiger partial charge in [0.2, 0.25) is 5.91 Å². The summed E-state index contributed by atoms with van der Waals surface area (Å²) in [4.78, 5) is 15.0. The molecule has 5 heteroatoms. The molecule has 26 heavy (non-hydrogen) atoms. The van der Waals surface area contributed by atoms with Crippen LogP contribution in [0.3, 0.4) is 0 Å². The number of nitrogens with zero attached hydrogens (tertiary/aromatic N) is 1. The van der Waals surface area contributed by atoms with Gasteiger partial charge >= 0.3 is 0 Å². The van der Waals surface area contributed by atoms with Gasteiger partial charge in [-0.25, -0.2) is 0 Å². The van der Waals surface area contributed by atoms with Crippen molar-refractivity contribution in [3.63, 3.8) is 0 Å². The van der Waals surface area contributed by atoms with E-state index in [2.05, 4.69) is 41.4 Å². The number of carbonyl (C=O) groups is 1. The van der Waals surface area contributed by atoms with E-state index >= 15 is 0 Å². The van der Waals surface area contributed by atoms with Gasteiger partial charge in [0.25, 0.3) is 0 Å². The van der Waals surface area contributed by atoms with E-state index in [9.17, 15) is 4.79 Å². The molecule has 144 valence electrons. The van der Waals surface area contributed by atoms with Crippen LogP contribution < -0.4 is 5.32 Å². The molecular formula is C21H32N2O2S. The first kappa shape index (κ1) is 19.7. The molecule has 0 radical (unpaired) electrons. The van der Waals surface area contributed by atoms with Gasteiger partial charge in [0.05, 0.1) is 19.0 Å². The van der Waals surface area contributed by atoms with Crippen LogP contribution in [0.1, 0.15) is 43.2 Å². The van der Waals surface area contributed by atoms with Crippen LogP contribution in [-0.2, 0) is 15.3 Å². The highest BCUT2D eigenvalue weighted by atomic mass is 32.2. The molecule has 1 N–H and O–H groups in total. The highest BCUT2D eigenvalue weighted by Crippen LogP contribution is 2.33. The standard InChI is InChI=1S/C21H32N2O2S/c1-18-7-3-4-8-19(18)15-26-16-20(24)22-17-21(9-5-2-6-10-21)23-11-13-25-14-12-23/h3-4,7-8H,2,5-6,9-17H2,1H3,(H,22,24). The van der Waals surface area contributed by atoms with Gasteiger partial charge in [-0.1, -0.05) is 43.5 Å². The molecule has 1 saturated heterocycles. The lowest BCUT2D eigenvalue weighted by molar-refractivity contribution is -0.119. The second-order valence-electron chi connectivity index (χ2n) is 7.58. The second-order valence-corrected chi connectivity index (χ2v) is 8.57. The van der Waals surface area contributed by atoms with Crippen LogP contribution >= 0.6 is 11.8 Å². The zero-order valence-corrected chi connectivity index (χ0v) is 16.8. The van der Waals surface area contributed by atoms with Crippen molar-refractivity contribution in [1.82, 2.24) is 10.2 Å². The van der Waals surface area contributed by atoms with Gasteiger partial charge in [0.1, 0.15) is 0 Å². The predicted molar refractivity (Wildman–Crippen MR) is 109 cm³/mol. The van der Waals surface area contributed by atoms with Gasteiger partial charge in [0.15, 0.2) is 0 Å². The van der Waals surface area contributed by atoms with Gasteiger partial charge in [-0.2, -0.15) is 0 Å². The molecule has 0 unspecified atom stereocenters. The molecule has 4 nitrogen and oxygen atoms in total. The molecule has 1 amide bonds. The lowest BCUT2D eigenvalue weighted by Crippen LogP contribution is -2.59. The molecule has 1 aromatic rings. The number of morpholine rings is 1. The summed E-state index contributed by atoms with van der Waals surface area (Å²) < 4.78 is 5.53. The van der Waals surface area contributed by atoms with Gasteiger partial charge in [0, 0.05) is 30.9 Å². The summed E-state index contributed by atoms with van der Waals surface area (Å²) in [5.41, 5.74) is 2.77. The Morgan fingerprint density at radius 3 is 2.65 bits per heavy atom. The van der Waals surface area contributed by atoms with Gasteiger partial charge in [-0.15, -0.1) is 11.8 Å². The van der Waals surface area contributed by atoms with E-state index in [1.165, 1.54) is 43.2 Å². The SMILES string of the molecule is Cc1ccccc1CSCC(=O)NCC1(N2CCOCC2)CCCCC1. The van der Waals surface area contributed by atoms with E-state index < -0.39 is 0 Å². The highest BCUT2D eigenvalue weighted by Gasteiger charge is 2.38. The minimum Gasteiger partial charge on any atom is -0.379 e. The minimum atomic E-state index is 0.151. The molecule has 1 aliphatic heterocycles. The lowest BCUT2D eigenvalue weighted by Gasteiger charge is -2.48. The lowest BCUT2D eigenvalue weighted by atomic mass is 9.79. The molecule has 1 heterocycles. The summed E-state index contributed by atoms with van der Waals surface area (Å²) in [6, 6.07) is 8.41. The number of ether oxygens (including phenoxy) is 1. The Morgan fingerprint density at radius 1 is 1.19 bits per heavy atom. The van der Waals surface area contributed by atoms with Gasteiger partial charge < -0.3 is 10.1 Å². The van der Waals surface area contributed by atoms with Crippen molar-refractivity contribution in [2.45, 2.75) is 50.3 Å². The molecule has 2 fully saturated rings. The fourth-order valence-corrected chi connectivity index (χ4v) is 5.13. The van der Waals surface area contributed by atoms with Crippen LogP contribution in [0.25, 0.3) is 0 Å². The number of carbonyl (C=O) groups excluding carboxylic acids is 1. The summed E-state index contributed by atoms with van der Waals surface area (Å²) in [7, 11) is 0. The van der Waals surface area contributed by atoms with E-state index in [1.807, 2.05) is 0 Å². The molecule has 0 atom stereocenters. The number of amides is 1. The monoisotopic (exact) mass is 376 g/mol. The number of rotatable bonds is 7. The molecule has 1 aliphatic carbocycles. The highest BCUT2D eigenvalue weighted by molar-refractivity contribution is 7.99. The minimum absolute atomic E-state index is 0.151. The number of hydrogen-bond donors (Lipinski definition) is 1. The van der Waals surface area contributed by atoms with Crippen molar-refractivity contribution in [2.24, 2.45) is 0 Å². The average Bonchev–Trinajstić information content (AvgIpc) is 2.69. The predicted octanol–water partition coefficient (Wildman–Crippen LogP) is 3.38. The summed E-state index contributed by atoms with van der Waals surface area (Å²) in [6.07, 6.45) is 6.27. The molecule has 1 aromatic carbocycles. The topological polar surface area (TPSA) is 41.6 Å². The average molecular weight is 377 g/mol. The summed E-state index contributed by atoms with van der Waals surface area (Å²) in [5.74, 6) is 1.60. The van der Waals surface area contributed by atoms with Crippen molar-refractivity contribution in [1.29, 1.82) is 0 Å². The fraction of sp³-hybridized carbons (Fsp3) is 0.667. The van der Waals surface area contributed by atoms with Crippen LogP contribution in [0.4, 0.5) is 0 Å². The Hall–Kier alpha value is -1.04. The van der Waals surface area contributed by atoms with Gasteiger partial charge in [-0.05, 0) is 30.9 Å². The van der Waals surface area contributed by atoms with Crippen LogP contribution in [-0.4, -0.2) is 54.9 Å². The molecular weight excluding hydrogens is 344 g/mol. The van der Waals surface area contributed by atoms with Crippen LogP contribution in [0, 0.1) is 6.92 Å². The maximum atomic E-state index is 12.4. The zero-order valence-electron chi connectivity index (χ0n) is 16.0. The fourth-order valence-electron chi connectivity index (χ4n) is 4.19. The molecule has 0 aromatic heterocycles. The zero-order chi connectivity index (χ0) is 18.2. The maximum Gasteiger partial charge on any atom is 0.230 e. The smallest absolute Gasteiger partial charge is 0.230 e. The molecule has 2 aliphatic rings. The third kappa shape index (κ3) is 5.24. The van der Waals surface area contributed by atoms with E-state index in [0.717, 1.165) is 38.6 Å². The molecule has 1 saturated carbocycles. The van der Waals surface area contributed by atoms with Crippen LogP contribution in [0.5, 0.6) is 0 Å². The molecule has 3 rings (SSSR count). The third-order valence-electron chi connectivity index (χ3n) is 5.83. The summed E-state index contributed by atoms with van der Waals surface area (Å²) in [5, 5.41) is 3.25. The Balaban J connectivity index is 1.47. The Morgan fingerprint density at radius 2 is 1.92 bits per heavy atom. The van der Waals surface area contributed by atoms with Crippen molar-refractivity contribution in [2.75, 3.05) is 38.6 Å². The number of nitrogens with one attached hydrogen (secondary N) is 1. The molecule has 0 spiro atoms. The Kier molecular flexibility index (Phi) is 7.41. The Bertz CT molecular complexity index is 581. The largest absolute Gasteiger partial charge is 0.379 e. The molecule has 0 bridgehead atoms. The van der Waals surface area contributed by atoms with Gasteiger partial charge in [-0.3, -0.25) is 9.69 Å². The first-order valence-corrected chi connectivity index (χ1v) is 11.1. The van der Waals surface area contributed by atoms with Crippen molar-refractivity contribution in [3.05, 3.63) is 35.4 Å². The summed E-state index contributed by atoms with van der Waals surface area (Å²) in [6.45, 7) is 6.56. The van der Waals surface area contributed by atoms with E-state index in [0.29, 0.717) is 5.75 Å². The van der Waals surface area contributed by atoms with Crippen molar-refractivity contribution < 1.29 is 9.53 Å². The summed E-state index contributed by atoms with van der Waals surface area (Å²) >= 11 is 1.70. The van der Waals surface area contributed by atoms with E-state index in [-0.39, 0.29) is 11.4 Å². The number of aryl methyl sites for hydroxylation is 1. The van der Waals surface area contributed by atoms with Crippen molar-refractivity contribution in [3.8, 4) is 0 Å².